The minimum atomic E-state index is -3.65. The fraction of sp³-hybridized carbons (Fsp3) is 0.619. The highest BCUT2D eigenvalue weighted by atomic mass is 32.2. The van der Waals surface area contributed by atoms with Crippen molar-refractivity contribution in [1.29, 1.82) is 5.26 Å². The molecular formula is C21H29N3O3S. The molecule has 0 unspecified atom stereocenters. The van der Waals surface area contributed by atoms with Gasteiger partial charge in [0, 0.05) is 5.54 Å². The molecule has 28 heavy (non-hydrogen) atoms. The Morgan fingerprint density at radius 2 is 1.68 bits per heavy atom. The number of hydrogen-bond donors (Lipinski definition) is 2. The second-order valence-electron chi connectivity index (χ2n) is 9.39. The predicted octanol–water partition coefficient (Wildman–Crippen LogP) is 3.88. The second kappa shape index (κ2) is 6.77. The van der Waals surface area contributed by atoms with E-state index < -0.39 is 14.8 Å². The summed E-state index contributed by atoms with van der Waals surface area (Å²) < 4.78 is 26.9. The molecule has 0 heterocycles. The molecule has 3 fully saturated rings. The monoisotopic (exact) mass is 403 g/mol. The van der Waals surface area contributed by atoms with Gasteiger partial charge >= 0.3 is 0 Å². The highest BCUT2D eigenvalue weighted by Crippen LogP contribution is 2.52. The van der Waals surface area contributed by atoms with Gasteiger partial charge in [-0.05, 0) is 83.9 Å². The summed E-state index contributed by atoms with van der Waals surface area (Å²) in [6.07, 6.45) is 4.80. The van der Waals surface area contributed by atoms with Crippen LogP contribution in [0.5, 0.6) is 0 Å². The van der Waals surface area contributed by atoms with Gasteiger partial charge in [-0.25, -0.2) is 8.42 Å². The van der Waals surface area contributed by atoms with Crippen molar-refractivity contribution in [2.45, 2.75) is 76.5 Å². The number of sulfonamides is 1. The maximum atomic E-state index is 13.1. The van der Waals surface area contributed by atoms with Crippen LogP contribution in [0.25, 0.3) is 0 Å². The number of benzene rings is 1. The van der Waals surface area contributed by atoms with E-state index in [9.17, 15) is 18.5 Å². The Balaban J connectivity index is 1.85. The van der Waals surface area contributed by atoms with Crippen LogP contribution in [0.3, 0.4) is 0 Å². The number of fused-ring (bicyclic) bond motifs is 3. The summed E-state index contributed by atoms with van der Waals surface area (Å²) in [6.45, 7) is 6.72. The SMILES string of the molecule is Cc1ccc(C(=O)NC23CCC(C#N)(CC2)CC3)c(NS(=O)(=O)C(C)(C)C)c1. The Kier molecular flexibility index (Phi) is 4.99. The van der Waals surface area contributed by atoms with Crippen LogP contribution in [-0.2, 0) is 10.0 Å². The maximum Gasteiger partial charge on any atom is 0.253 e. The first-order valence-electron chi connectivity index (χ1n) is 9.78. The van der Waals surface area contributed by atoms with Gasteiger partial charge < -0.3 is 5.32 Å². The van der Waals surface area contributed by atoms with E-state index in [0.29, 0.717) is 11.3 Å². The summed E-state index contributed by atoms with van der Waals surface area (Å²) in [5.41, 5.74) is 0.998. The molecule has 1 aromatic carbocycles. The third kappa shape index (κ3) is 3.75. The van der Waals surface area contributed by atoms with Crippen molar-refractivity contribution < 1.29 is 13.2 Å². The first kappa shape index (κ1) is 20.7. The van der Waals surface area contributed by atoms with Crippen molar-refractivity contribution >= 4 is 21.6 Å². The molecule has 4 rings (SSSR count). The maximum absolute atomic E-state index is 13.1. The molecule has 1 aromatic rings. The van der Waals surface area contributed by atoms with Crippen LogP contribution in [0.2, 0.25) is 0 Å². The van der Waals surface area contributed by atoms with Crippen LogP contribution in [0, 0.1) is 23.7 Å². The number of carbonyl (C=O) groups is 1. The van der Waals surface area contributed by atoms with Crippen LogP contribution in [0.1, 0.15) is 75.2 Å². The molecule has 2 bridgehead atoms. The first-order valence-corrected chi connectivity index (χ1v) is 11.3. The molecule has 0 atom stereocenters. The molecule has 2 N–H and O–H groups in total. The third-order valence-corrected chi connectivity index (χ3v) is 8.43. The minimum absolute atomic E-state index is 0.218. The highest BCUT2D eigenvalue weighted by Gasteiger charge is 2.49. The van der Waals surface area contributed by atoms with Crippen molar-refractivity contribution in [3.05, 3.63) is 29.3 Å². The predicted molar refractivity (Wildman–Crippen MR) is 109 cm³/mol. The Morgan fingerprint density at radius 1 is 1.11 bits per heavy atom. The van der Waals surface area contributed by atoms with Gasteiger partial charge in [0.05, 0.1) is 27.5 Å². The summed E-state index contributed by atoms with van der Waals surface area (Å²) in [5.74, 6) is -0.266. The van der Waals surface area contributed by atoms with Crippen molar-refractivity contribution in [1.82, 2.24) is 5.32 Å². The molecule has 152 valence electrons. The molecule has 7 heteroatoms. The van der Waals surface area contributed by atoms with E-state index in [0.717, 1.165) is 44.1 Å². The zero-order valence-corrected chi connectivity index (χ0v) is 17.9. The summed E-state index contributed by atoms with van der Waals surface area (Å²) in [6, 6.07) is 7.65. The first-order chi connectivity index (χ1) is 12.9. The zero-order valence-electron chi connectivity index (χ0n) is 17.1. The van der Waals surface area contributed by atoms with Gasteiger partial charge in [0.25, 0.3) is 5.91 Å². The largest absolute Gasteiger partial charge is 0.347 e. The van der Waals surface area contributed by atoms with Gasteiger partial charge in [-0.1, -0.05) is 6.07 Å². The Labute approximate surface area is 167 Å². The van der Waals surface area contributed by atoms with E-state index in [1.807, 2.05) is 13.0 Å². The number of nitriles is 1. The van der Waals surface area contributed by atoms with E-state index >= 15 is 0 Å². The molecule has 0 aromatic heterocycles. The van der Waals surface area contributed by atoms with Crippen LogP contribution in [-0.4, -0.2) is 24.6 Å². The van der Waals surface area contributed by atoms with Gasteiger partial charge in [0.2, 0.25) is 10.0 Å². The number of carbonyl (C=O) groups excluding carboxylic acids is 1. The number of nitrogens with zero attached hydrogens (tertiary/aromatic N) is 1. The summed E-state index contributed by atoms with van der Waals surface area (Å²) >= 11 is 0. The summed E-state index contributed by atoms with van der Waals surface area (Å²) in [5, 5.41) is 12.6. The van der Waals surface area contributed by atoms with E-state index in [1.54, 1.807) is 32.9 Å². The van der Waals surface area contributed by atoms with E-state index in [-0.39, 0.29) is 16.9 Å². The van der Waals surface area contributed by atoms with Crippen molar-refractivity contribution in [2.75, 3.05) is 4.72 Å². The fourth-order valence-electron chi connectivity index (χ4n) is 4.09. The Morgan fingerprint density at radius 3 is 2.18 bits per heavy atom. The van der Waals surface area contributed by atoms with Gasteiger partial charge in [-0.3, -0.25) is 9.52 Å². The highest BCUT2D eigenvalue weighted by molar-refractivity contribution is 7.94. The number of anilines is 1. The average Bonchev–Trinajstić information content (AvgIpc) is 2.62. The molecule has 3 aliphatic rings. The number of amides is 1. The molecular weight excluding hydrogens is 374 g/mol. The lowest BCUT2D eigenvalue weighted by Gasteiger charge is -2.50. The number of hydrogen-bond acceptors (Lipinski definition) is 4. The topological polar surface area (TPSA) is 99.1 Å². The van der Waals surface area contributed by atoms with Crippen LogP contribution >= 0.6 is 0 Å². The van der Waals surface area contributed by atoms with Crippen molar-refractivity contribution in [3.8, 4) is 6.07 Å². The van der Waals surface area contributed by atoms with E-state index in [1.165, 1.54) is 0 Å². The van der Waals surface area contributed by atoms with Crippen molar-refractivity contribution in [3.63, 3.8) is 0 Å². The van der Waals surface area contributed by atoms with Crippen molar-refractivity contribution in [2.24, 2.45) is 5.41 Å². The minimum Gasteiger partial charge on any atom is -0.347 e. The Hall–Kier alpha value is -2.07. The molecule has 3 aliphatic carbocycles. The number of nitrogens with one attached hydrogen (secondary N) is 2. The molecule has 6 nitrogen and oxygen atoms in total. The van der Waals surface area contributed by atoms with E-state index in [2.05, 4.69) is 16.1 Å². The van der Waals surface area contributed by atoms with Gasteiger partial charge in [0.15, 0.2) is 0 Å². The lowest BCUT2D eigenvalue weighted by atomic mass is 9.58. The van der Waals surface area contributed by atoms with Crippen LogP contribution < -0.4 is 10.0 Å². The van der Waals surface area contributed by atoms with Crippen LogP contribution in [0.15, 0.2) is 18.2 Å². The van der Waals surface area contributed by atoms with Gasteiger partial charge in [0.1, 0.15) is 0 Å². The molecule has 0 aliphatic heterocycles. The molecule has 1 amide bonds. The molecule has 0 spiro atoms. The van der Waals surface area contributed by atoms with Gasteiger partial charge in [-0.15, -0.1) is 0 Å². The lowest BCUT2D eigenvalue weighted by Crippen LogP contribution is -2.56. The number of rotatable bonds is 4. The molecule has 0 saturated heterocycles. The third-order valence-electron chi connectivity index (χ3n) is 6.33. The lowest BCUT2D eigenvalue weighted by molar-refractivity contribution is 0.0522. The number of aryl methyl sites for hydroxylation is 1. The van der Waals surface area contributed by atoms with Crippen LogP contribution in [0.4, 0.5) is 5.69 Å². The molecule has 0 radical (unpaired) electrons. The summed E-state index contributed by atoms with van der Waals surface area (Å²) in [4.78, 5) is 13.1. The second-order valence-corrected chi connectivity index (χ2v) is 11.8. The standard InChI is InChI=1S/C21H29N3O3S/c1-15-5-6-16(17(13-15)24-28(26,27)19(2,3)4)18(25)23-21-10-7-20(14-22,8-11-21)9-12-21/h5-6,13,24H,7-12H2,1-4H3,(H,23,25). The van der Waals surface area contributed by atoms with E-state index in [4.69, 9.17) is 0 Å². The summed E-state index contributed by atoms with van der Waals surface area (Å²) in [7, 11) is -3.65. The Bertz CT molecular complexity index is 914. The smallest absolute Gasteiger partial charge is 0.253 e. The molecule has 3 saturated carbocycles. The fourth-order valence-corrected chi connectivity index (χ4v) is 4.85. The zero-order chi connectivity index (χ0) is 20.8. The average molecular weight is 404 g/mol. The quantitative estimate of drug-likeness (QED) is 0.797. The normalized spacial score (nSPS) is 27.1. The van der Waals surface area contributed by atoms with Gasteiger partial charge in [-0.2, -0.15) is 5.26 Å².